The minimum atomic E-state index is -0.347. The number of anilines is 1. The van der Waals surface area contributed by atoms with Crippen molar-refractivity contribution in [2.24, 2.45) is 0 Å². The smallest absolute Gasteiger partial charge is 0.258 e. The van der Waals surface area contributed by atoms with Crippen molar-refractivity contribution in [3.63, 3.8) is 0 Å². The fourth-order valence-corrected chi connectivity index (χ4v) is 4.71. The van der Waals surface area contributed by atoms with Gasteiger partial charge in [0.05, 0.1) is 30.2 Å². The van der Waals surface area contributed by atoms with Gasteiger partial charge in [0.25, 0.3) is 5.91 Å². The van der Waals surface area contributed by atoms with Crippen molar-refractivity contribution >= 4 is 17.4 Å². The van der Waals surface area contributed by atoms with Crippen LogP contribution in [0.25, 0.3) is 5.57 Å². The fraction of sp³-hybridized carbons (Fsp3) is 0.500. The van der Waals surface area contributed by atoms with Crippen LogP contribution in [0.4, 0.5) is 14.7 Å². The van der Waals surface area contributed by atoms with Crippen LogP contribution >= 0.6 is 0 Å². The van der Waals surface area contributed by atoms with E-state index in [9.17, 15) is 13.6 Å². The lowest BCUT2D eigenvalue weighted by atomic mass is 9.95. The standard InChI is InChI=1S/C26H30F2N4O2/c1-17-23(25(33)32(20-10-11-20)16-18-6-8-19(27)9-7-18)24(21-4-2-3-5-22(21)28)30-26(29-17)31-12-14-34-15-13-31/h3,5-6,8,20H,2,4,7,9-16H2,1H3. The lowest BCUT2D eigenvalue weighted by molar-refractivity contribution is 0.0755. The highest BCUT2D eigenvalue weighted by atomic mass is 19.1. The van der Waals surface area contributed by atoms with E-state index in [0.717, 1.165) is 18.4 Å². The number of aryl methyl sites for hydroxylation is 1. The van der Waals surface area contributed by atoms with Crippen LogP contribution in [0.3, 0.4) is 0 Å². The number of amides is 1. The van der Waals surface area contributed by atoms with Gasteiger partial charge in [-0.2, -0.15) is 0 Å². The average molecular weight is 469 g/mol. The molecule has 8 heteroatoms. The molecule has 0 aromatic carbocycles. The first kappa shape index (κ1) is 22.9. The number of allylic oxidation sites excluding steroid dienone is 7. The molecule has 2 fully saturated rings. The van der Waals surface area contributed by atoms with E-state index in [4.69, 9.17) is 14.7 Å². The van der Waals surface area contributed by atoms with E-state index in [1.807, 2.05) is 16.7 Å². The van der Waals surface area contributed by atoms with Crippen LogP contribution in [0, 0.1) is 6.92 Å². The molecule has 3 aliphatic carbocycles. The Morgan fingerprint density at radius 1 is 1.15 bits per heavy atom. The third-order valence-corrected chi connectivity index (χ3v) is 6.79. The highest BCUT2D eigenvalue weighted by molar-refractivity contribution is 6.00. The van der Waals surface area contributed by atoms with E-state index >= 15 is 0 Å². The maximum absolute atomic E-state index is 15.0. The van der Waals surface area contributed by atoms with Gasteiger partial charge in [0, 0.05) is 37.7 Å². The number of nitrogens with zero attached hydrogens (tertiary/aromatic N) is 4. The minimum Gasteiger partial charge on any atom is -0.378 e. The highest BCUT2D eigenvalue weighted by Crippen LogP contribution is 2.36. The molecule has 6 nitrogen and oxygen atoms in total. The molecule has 1 saturated heterocycles. The van der Waals surface area contributed by atoms with Crippen LogP contribution in [-0.2, 0) is 4.74 Å². The maximum atomic E-state index is 15.0. The van der Waals surface area contributed by atoms with Gasteiger partial charge >= 0.3 is 0 Å². The van der Waals surface area contributed by atoms with Crippen LogP contribution in [0.15, 0.2) is 41.5 Å². The second kappa shape index (κ2) is 9.78. The molecule has 1 amide bonds. The largest absolute Gasteiger partial charge is 0.378 e. The van der Waals surface area contributed by atoms with Crippen LogP contribution in [-0.4, -0.2) is 59.7 Å². The lowest BCUT2D eigenvalue weighted by Gasteiger charge is -2.30. The summed E-state index contributed by atoms with van der Waals surface area (Å²) in [4.78, 5) is 27.3. The van der Waals surface area contributed by atoms with Crippen molar-refractivity contribution in [1.82, 2.24) is 14.9 Å². The molecule has 0 spiro atoms. The quantitative estimate of drug-likeness (QED) is 0.599. The molecule has 4 aliphatic rings. The summed E-state index contributed by atoms with van der Waals surface area (Å²) < 4.78 is 33.9. The Kier molecular flexibility index (Phi) is 6.59. The van der Waals surface area contributed by atoms with Crippen LogP contribution < -0.4 is 4.90 Å². The van der Waals surface area contributed by atoms with E-state index in [0.29, 0.717) is 87.0 Å². The molecule has 180 valence electrons. The topological polar surface area (TPSA) is 58.6 Å². The zero-order valence-corrected chi connectivity index (χ0v) is 19.5. The maximum Gasteiger partial charge on any atom is 0.258 e. The number of ether oxygens (including phenoxy) is 1. The number of carbonyl (C=O) groups excluding carboxylic acids is 1. The number of carbonyl (C=O) groups is 1. The number of rotatable bonds is 6. The summed E-state index contributed by atoms with van der Waals surface area (Å²) >= 11 is 0. The van der Waals surface area contributed by atoms with Crippen molar-refractivity contribution in [3.05, 3.63) is 58.5 Å². The first-order valence-corrected chi connectivity index (χ1v) is 12.1. The van der Waals surface area contributed by atoms with Gasteiger partial charge in [0.15, 0.2) is 0 Å². The van der Waals surface area contributed by atoms with Gasteiger partial charge < -0.3 is 14.5 Å². The second-order valence-electron chi connectivity index (χ2n) is 9.30. The highest BCUT2D eigenvalue weighted by Gasteiger charge is 2.37. The van der Waals surface area contributed by atoms with Gasteiger partial charge in [-0.05, 0) is 51.2 Å². The van der Waals surface area contributed by atoms with Crippen LogP contribution in [0.2, 0.25) is 0 Å². The number of halogens is 2. The Morgan fingerprint density at radius 2 is 1.94 bits per heavy atom. The summed E-state index contributed by atoms with van der Waals surface area (Å²) in [6, 6.07) is 0.139. The Hall–Kier alpha value is -2.87. The summed E-state index contributed by atoms with van der Waals surface area (Å²) in [5.74, 6) is -0.143. The summed E-state index contributed by atoms with van der Waals surface area (Å²) in [6.07, 6.45) is 10.5. The molecule has 2 heterocycles. The molecule has 34 heavy (non-hydrogen) atoms. The Labute approximate surface area is 198 Å². The molecule has 0 N–H and O–H groups in total. The molecule has 1 aliphatic heterocycles. The number of morpholine rings is 1. The van der Waals surface area contributed by atoms with Crippen LogP contribution in [0.5, 0.6) is 0 Å². The van der Waals surface area contributed by atoms with Crippen molar-refractivity contribution in [2.45, 2.75) is 51.5 Å². The molecule has 1 saturated carbocycles. The molecule has 1 aromatic heterocycles. The van der Waals surface area contributed by atoms with E-state index in [1.54, 1.807) is 12.2 Å². The molecule has 0 atom stereocenters. The van der Waals surface area contributed by atoms with E-state index in [1.165, 1.54) is 12.2 Å². The van der Waals surface area contributed by atoms with Gasteiger partial charge in [0.1, 0.15) is 11.7 Å². The first-order chi connectivity index (χ1) is 16.5. The third kappa shape index (κ3) is 4.82. The normalized spacial score (nSPS) is 20.9. The molecule has 0 unspecified atom stereocenters. The summed E-state index contributed by atoms with van der Waals surface area (Å²) in [6.45, 7) is 4.72. The van der Waals surface area contributed by atoms with Gasteiger partial charge in [-0.15, -0.1) is 0 Å². The van der Waals surface area contributed by atoms with Crippen molar-refractivity contribution in [3.8, 4) is 0 Å². The van der Waals surface area contributed by atoms with Crippen molar-refractivity contribution in [1.29, 1.82) is 0 Å². The predicted octanol–water partition coefficient (Wildman–Crippen LogP) is 4.83. The van der Waals surface area contributed by atoms with Gasteiger partial charge in [0.2, 0.25) is 5.95 Å². The van der Waals surface area contributed by atoms with Crippen LogP contribution in [0.1, 0.15) is 60.3 Å². The van der Waals surface area contributed by atoms with Gasteiger partial charge in [-0.1, -0.05) is 17.7 Å². The first-order valence-electron chi connectivity index (χ1n) is 12.1. The minimum absolute atomic E-state index is 0.133. The summed E-state index contributed by atoms with van der Waals surface area (Å²) in [5, 5.41) is 0. The van der Waals surface area contributed by atoms with E-state index in [-0.39, 0.29) is 23.6 Å². The molecule has 5 rings (SSSR count). The lowest BCUT2D eigenvalue weighted by Crippen LogP contribution is -2.39. The SMILES string of the molecule is Cc1nc(N2CCOCC2)nc(C2=C(F)C=CCC2)c1C(=O)N(CC1=CC=C(F)CC1)C1CC1. The zero-order valence-electron chi connectivity index (χ0n) is 19.5. The molecule has 0 radical (unpaired) electrons. The van der Waals surface area contributed by atoms with E-state index < -0.39 is 0 Å². The second-order valence-corrected chi connectivity index (χ2v) is 9.30. The summed E-state index contributed by atoms with van der Waals surface area (Å²) in [5.41, 5.74) is 2.82. The molecule has 1 aromatic rings. The number of hydrogen-bond donors (Lipinski definition) is 0. The molecular weight excluding hydrogens is 438 g/mol. The number of aromatic nitrogens is 2. The Balaban J connectivity index is 1.55. The zero-order chi connectivity index (χ0) is 23.7. The number of hydrogen-bond acceptors (Lipinski definition) is 5. The Bertz CT molecular complexity index is 1100. The summed E-state index contributed by atoms with van der Waals surface area (Å²) in [7, 11) is 0. The molecule has 0 bridgehead atoms. The Morgan fingerprint density at radius 3 is 2.62 bits per heavy atom. The monoisotopic (exact) mass is 468 g/mol. The van der Waals surface area contributed by atoms with Crippen molar-refractivity contribution < 1.29 is 18.3 Å². The van der Waals surface area contributed by atoms with Gasteiger partial charge in [-0.3, -0.25) is 4.79 Å². The van der Waals surface area contributed by atoms with Gasteiger partial charge in [-0.25, -0.2) is 18.7 Å². The van der Waals surface area contributed by atoms with Crippen molar-refractivity contribution in [2.75, 3.05) is 37.7 Å². The van der Waals surface area contributed by atoms with E-state index in [2.05, 4.69) is 0 Å². The predicted molar refractivity (Wildman–Crippen MR) is 127 cm³/mol. The fourth-order valence-electron chi connectivity index (χ4n) is 4.71. The third-order valence-electron chi connectivity index (χ3n) is 6.79. The average Bonchev–Trinajstić information content (AvgIpc) is 3.69. The molecular formula is C26H30F2N4O2.